The first-order valence-electron chi connectivity index (χ1n) is 5.32. The second-order valence-corrected chi connectivity index (χ2v) is 4.09. The molecule has 2 nitrogen and oxygen atoms in total. The highest BCUT2D eigenvalue weighted by Crippen LogP contribution is 2.30. The normalized spacial score (nSPS) is 11.6. The Labute approximate surface area is 106 Å². The molecule has 19 heavy (non-hydrogen) atoms. The third-order valence-electron chi connectivity index (χ3n) is 2.64. The number of ketones is 1. The zero-order valence-electron chi connectivity index (χ0n) is 9.83. The molecule has 100 valence electrons. The monoisotopic (exact) mass is 271 g/mol. The summed E-state index contributed by atoms with van der Waals surface area (Å²) in [5, 5.41) is 0. The molecule has 0 fully saturated rings. The predicted octanol–water partition coefficient (Wildman–Crippen LogP) is 3.41. The minimum Gasteiger partial charge on any atom is -0.357 e. The highest BCUT2D eigenvalue weighted by molar-refractivity contribution is 6.09. The van der Waals surface area contributed by atoms with Crippen molar-refractivity contribution in [2.45, 2.75) is 6.18 Å². The summed E-state index contributed by atoms with van der Waals surface area (Å²) >= 11 is 0. The SMILES string of the molecule is Cn1ccc(C(=O)c2ccc(C(F)(F)F)cc2F)c1. The standard InChI is InChI=1S/C13H9F4NO/c1-18-5-4-8(7-18)12(19)10-3-2-9(6-11(10)14)13(15,16)17/h2-7H,1H3. The van der Waals surface area contributed by atoms with Gasteiger partial charge in [0.05, 0.1) is 11.1 Å². The van der Waals surface area contributed by atoms with Crippen LogP contribution < -0.4 is 0 Å². The molecule has 0 amide bonds. The van der Waals surface area contributed by atoms with Crippen LogP contribution in [0.1, 0.15) is 21.5 Å². The van der Waals surface area contributed by atoms with E-state index >= 15 is 0 Å². The molecule has 0 radical (unpaired) electrons. The smallest absolute Gasteiger partial charge is 0.357 e. The van der Waals surface area contributed by atoms with Crippen LogP contribution in [0.2, 0.25) is 0 Å². The third-order valence-corrected chi connectivity index (χ3v) is 2.64. The number of carbonyl (C=O) groups is 1. The molecule has 0 atom stereocenters. The molecule has 0 N–H and O–H groups in total. The molecule has 6 heteroatoms. The highest BCUT2D eigenvalue weighted by Gasteiger charge is 2.31. The molecule has 0 bridgehead atoms. The summed E-state index contributed by atoms with van der Waals surface area (Å²) in [6.45, 7) is 0. The van der Waals surface area contributed by atoms with Crippen LogP contribution in [0.5, 0.6) is 0 Å². The van der Waals surface area contributed by atoms with Crippen molar-refractivity contribution in [1.29, 1.82) is 0 Å². The number of rotatable bonds is 2. The van der Waals surface area contributed by atoms with Gasteiger partial charge in [0.1, 0.15) is 5.82 Å². The first kappa shape index (κ1) is 13.3. The van der Waals surface area contributed by atoms with E-state index in [9.17, 15) is 22.4 Å². The zero-order chi connectivity index (χ0) is 14.2. The van der Waals surface area contributed by atoms with Crippen LogP contribution in [0.3, 0.4) is 0 Å². The van der Waals surface area contributed by atoms with Crippen molar-refractivity contribution < 1.29 is 22.4 Å². The van der Waals surface area contributed by atoms with Crippen LogP contribution in [-0.4, -0.2) is 10.4 Å². The molecule has 0 spiro atoms. The summed E-state index contributed by atoms with van der Waals surface area (Å²) < 4.78 is 52.3. The first-order valence-corrected chi connectivity index (χ1v) is 5.32. The van der Waals surface area contributed by atoms with E-state index in [1.165, 1.54) is 12.3 Å². The van der Waals surface area contributed by atoms with Crippen LogP contribution in [0, 0.1) is 5.82 Å². The van der Waals surface area contributed by atoms with Crippen molar-refractivity contribution in [3.05, 3.63) is 59.2 Å². The van der Waals surface area contributed by atoms with Crippen molar-refractivity contribution in [2.24, 2.45) is 7.05 Å². The number of alkyl halides is 3. The highest BCUT2D eigenvalue weighted by atomic mass is 19.4. The van der Waals surface area contributed by atoms with Crippen molar-refractivity contribution in [3.63, 3.8) is 0 Å². The van der Waals surface area contributed by atoms with Gasteiger partial charge in [0.15, 0.2) is 5.78 Å². The lowest BCUT2D eigenvalue weighted by Crippen LogP contribution is -2.09. The fraction of sp³-hybridized carbons (Fsp3) is 0.154. The summed E-state index contributed by atoms with van der Waals surface area (Å²) in [5.41, 5.74) is -1.27. The van der Waals surface area contributed by atoms with Gasteiger partial charge >= 0.3 is 6.18 Å². The van der Waals surface area contributed by atoms with E-state index < -0.39 is 23.3 Å². The van der Waals surface area contributed by atoms with Gasteiger partial charge in [0, 0.05) is 25.0 Å². The summed E-state index contributed by atoms with van der Waals surface area (Å²) in [6.07, 6.45) is -1.57. The number of benzene rings is 1. The molecule has 2 aromatic rings. The van der Waals surface area contributed by atoms with Gasteiger partial charge in [-0.1, -0.05) is 0 Å². The Hall–Kier alpha value is -2.11. The number of halogens is 4. The van der Waals surface area contributed by atoms with E-state index in [-0.39, 0.29) is 11.1 Å². The maximum atomic E-state index is 13.6. The molecule has 0 unspecified atom stereocenters. The van der Waals surface area contributed by atoms with Crippen molar-refractivity contribution in [2.75, 3.05) is 0 Å². The molecule has 1 aromatic heterocycles. The van der Waals surface area contributed by atoms with Gasteiger partial charge < -0.3 is 4.57 Å². The third kappa shape index (κ3) is 2.67. The summed E-state index contributed by atoms with van der Waals surface area (Å²) in [6, 6.07) is 3.35. The van der Waals surface area contributed by atoms with Crippen LogP contribution >= 0.6 is 0 Å². The van der Waals surface area contributed by atoms with Gasteiger partial charge in [-0.15, -0.1) is 0 Å². The van der Waals surface area contributed by atoms with Crippen molar-refractivity contribution in [3.8, 4) is 0 Å². The zero-order valence-corrected chi connectivity index (χ0v) is 9.83. The van der Waals surface area contributed by atoms with E-state index in [1.54, 1.807) is 17.8 Å². The molecule has 0 aliphatic carbocycles. The van der Waals surface area contributed by atoms with E-state index in [0.717, 1.165) is 6.07 Å². The van der Waals surface area contributed by atoms with Gasteiger partial charge in [0.25, 0.3) is 0 Å². The maximum Gasteiger partial charge on any atom is 0.416 e. The number of hydrogen-bond donors (Lipinski definition) is 0. The summed E-state index contributed by atoms with van der Waals surface area (Å²) in [5.74, 6) is -1.82. The Morgan fingerprint density at radius 1 is 1.21 bits per heavy atom. The number of carbonyl (C=O) groups excluding carboxylic acids is 1. The lowest BCUT2D eigenvalue weighted by Gasteiger charge is -2.08. The molecule has 0 saturated heterocycles. The molecule has 1 heterocycles. The average Bonchev–Trinajstić information content (AvgIpc) is 2.73. The van der Waals surface area contributed by atoms with Crippen LogP contribution in [0.4, 0.5) is 17.6 Å². The molecule has 2 rings (SSSR count). The van der Waals surface area contributed by atoms with Gasteiger partial charge in [0.2, 0.25) is 0 Å². The number of aryl methyl sites for hydroxylation is 1. The minimum atomic E-state index is -4.63. The summed E-state index contributed by atoms with van der Waals surface area (Å²) in [7, 11) is 1.68. The Balaban J connectivity index is 2.39. The topological polar surface area (TPSA) is 22.0 Å². The molecule has 0 aliphatic heterocycles. The molecular formula is C13H9F4NO. The quantitative estimate of drug-likeness (QED) is 0.606. The Kier molecular flexibility index (Phi) is 3.18. The maximum absolute atomic E-state index is 13.6. The molecule has 0 aliphatic rings. The number of nitrogens with zero attached hydrogens (tertiary/aromatic N) is 1. The molecule has 0 saturated carbocycles. The lowest BCUT2D eigenvalue weighted by molar-refractivity contribution is -0.137. The Morgan fingerprint density at radius 3 is 2.37 bits per heavy atom. The van der Waals surface area contributed by atoms with Gasteiger partial charge in [-0.3, -0.25) is 4.79 Å². The Morgan fingerprint density at radius 2 is 1.89 bits per heavy atom. The largest absolute Gasteiger partial charge is 0.416 e. The number of hydrogen-bond acceptors (Lipinski definition) is 1. The fourth-order valence-electron chi connectivity index (χ4n) is 1.67. The van der Waals surface area contributed by atoms with Gasteiger partial charge in [-0.05, 0) is 24.3 Å². The van der Waals surface area contributed by atoms with Crippen LogP contribution in [0.15, 0.2) is 36.7 Å². The number of aromatic nitrogens is 1. The lowest BCUT2D eigenvalue weighted by atomic mass is 10.0. The van der Waals surface area contributed by atoms with E-state index in [0.29, 0.717) is 12.1 Å². The van der Waals surface area contributed by atoms with E-state index in [4.69, 9.17) is 0 Å². The summed E-state index contributed by atoms with van der Waals surface area (Å²) in [4.78, 5) is 11.9. The molecule has 1 aromatic carbocycles. The predicted molar refractivity (Wildman–Crippen MR) is 60.2 cm³/mol. The van der Waals surface area contributed by atoms with E-state index in [2.05, 4.69) is 0 Å². The van der Waals surface area contributed by atoms with Crippen LogP contribution in [0.25, 0.3) is 0 Å². The van der Waals surface area contributed by atoms with E-state index in [1.807, 2.05) is 0 Å². The van der Waals surface area contributed by atoms with Crippen LogP contribution in [-0.2, 0) is 13.2 Å². The minimum absolute atomic E-state index is 0.223. The van der Waals surface area contributed by atoms with Crippen molar-refractivity contribution >= 4 is 5.78 Å². The Bertz CT molecular complexity index is 628. The fourth-order valence-corrected chi connectivity index (χ4v) is 1.67. The van der Waals surface area contributed by atoms with Gasteiger partial charge in [-0.2, -0.15) is 13.2 Å². The van der Waals surface area contributed by atoms with Crippen molar-refractivity contribution in [1.82, 2.24) is 4.57 Å². The average molecular weight is 271 g/mol. The second-order valence-electron chi connectivity index (χ2n) is 4.09. The molecular weight excluding hydrogens is 262 g/mol. The second kappa shape index (κ2) is 4.53. The van der Waals surface area contributed by atoms with Gasteiger partial charge in [-0.25, -0.2) is 4.39 Å². The first-order chi connectivity index (χ1) is 8.79.